The van der Waals surface area contributed by atoms with Gasteiger partial charge in [0.25, 0.3) is 5.91 Å². The molecule has 0 fully saturated rings. The summed E-state index contributed by atoms with van der Waals surface area (Å²) in [7, 11) is 0. The molecule has 2 rings (SSSR count). The van der Waals surface area contributed by atoms with E-state index in [-0.39, 0.29) is 47.5 Å². The van der Waals surface area contributed by atoms with Crippen LogP contribution in [-0.4, -0.2) is 55.5 Å². The molecule has 0 bridgehead atoms. The molecule has 0 spiro atoms. The summed E-state index contributed by atoms with van der Waals surface area (Å²) in [6.07, 6.45) is -0.498. The van der Waals surface area contributed by atoms with Crippen LogP contribution in [0.2, 0.25) is 10.0 Å². The average molecular weight is 579 g/mol. The Balaban J connectivity index is 2.37. The molecule has 38 heavy (non-hydrogen) atoms. The molecule has 1 N–H and O–H groups in total. The second-order valence-electron chi connectivity index (χ2n) is 10.3. The summed E-state index contributed by atoms with van der Waals surface area (Å²) in [4.78, 5) is 42.3. The Labute approximate surface area is 229 Å². The number of aryl methyl sites for hydroxylation is 1. The number of aliphatic carboxylic acids is 1. The van der Waals surface area contributed by atoms with Crippen molar-refractivity contribution in [2.24, 2.45) is 11.3 Å². The van der Waals surface area contributed by atoms with Gasteiger partial charge in [0, 0.05) is 31.9 Å². The predicted molar refractivity (Wildman–Crippen MR) is 136 cm³/mol. The maximum absolute atomic E-state index is 14.1. The maximum Gasteiger partial charge on any atom is 0.433 e. The molecule has 0 aromatic carbocycles. The first-order valence-electron chi connectivity index (χ1n) is 12.0. The Morgan fingerprint density at radius 1 is 1.11 bits per heavy atom. The largest absolute Gasteiger partial charge is 0.481 e. The first-order valence-corrected chi connectivity index (χ1v) is 12.8. The Kier molecular flexibility index (Phi) is 10.7. The van der Waals surface area contributed by atoms with E-state index in [1.54, 1.807) is 20.8 Å². The number of carbonyl (C=O) groups excluding carboxylic acids is 2. The number of halogens is 5. The number of hydrogen-bond acceptors (Lipinski definition) is 5. The van der Waals surface area contributed by atoms with Gasteiger partial charge in [-0.2, -0.15) is 18.3 Å². The van der Waals surface area contributed by atoms with Crippen LogP contribution in [-0.2, 0) is 17.5 Å². The SMILES string of the molecule is CCC(CCCn1ncc(C(=O)N(CC(=O)c2c(Cl)cncc2Cl)CC(C)(C)C)c1C(F)(F)F)CC(=O)O. The summed E-state index contributed by atoms with van der Waals surface area (Å²) in [6, 6.07) is 0. The molecule has 13 heteroatoms. The highest BCUT2D eigenvalue weighted by atomic mass is 35.5. The van der Waals surface area contributed by atoms with Gasteiger partial charge in [0.15, 0.2) is 11.5 Å². The van der Waals surface area contributed by atoms with Crippen molar-refractivity contribution in [1.29, 1.82) is 0 Å². The summed E-state index contributed by atoms with van der Waals surface area (Å²) in [5.74, 6) is -2.81. The number of pyridine rings is 1. The lowest BCUT2D eigenvalue weighted by Gasteiger charge is -2.30. The third-order valence-electron chi connectivity index (χ3n) is 5.78. The quantitative estimate of drug-likeness (QED) is 0.298. The van der Waals surface area contributed by atoms with Crippen LogP contribution < -0.4 is 0 Å². The van der Waals surface area contributed by atoms with Gasteiger partial charge in [0.2, 0.25) is 0 Å². The van der Waals surface area contributed by atoms with E-state index in [1.807, 2.05) is 6.92 Å². The highest BCUT2D eigenvalue weighted by Crippen LogP contribution is 2.34. The van der Waals surface area contributed by atoms with E-state index in [0.717, 1.165) is 11.1 Å². The first-order chi connectivity index (χ1) is 17.5. The molecule has 1 atom stereocenters. The molecule has 0 saturated carbocycles. The van der Waals surface area contributed by atoms with Gasteiger partial charge in [-0.1, -0.05) is 57.3 Å². The van der Waals surface area contributed by atoms with Crippen molar-refractivity contribution in [3.63, 3.8) is 0 Å². The number of ketones is 1. The summed E-state index contributed by atoms with van der Waals surface area (Å²) in [5.41, 5.74) is -2.54. The minimum Gasteiger partial charge on any atom is -0.481 e. The van der Waals surface area contributed by atoms with Gasteiger partial charge in [0.05, 0.1) is 33.9 Å². The van der Waals surface area contributed by atoms with E-state index >= 15 is 0 Å². The smallest absolute Gasteiger partial charge is 0.433 e. The van der Waals surface area contributed by atoms with Crippen LogP contribution in [0.25, 0.3) is 0 Å². The zero-order valence-corrected chi connectivity index (χ0v) is 23.1. The number of carboxylic acid groups (broad SMARTS) is 1. The van der Waals surface area contributed by atoms with Crippen molar-refractivity contribution in [3.05, 3.63) is 45.5 Å². The molecule has 0 aliphatic heterocycles. The molecular formula is C25H31Cl2F3N4O4. The van der Waals surface area contributed by atoms with Gasteiger partial charge >= 0.3 is 12.1 Å². The molecular weight excluding hydrogens is 548 g/mol. The lowest BCUT2D eigenvalue weighted by Crippen LogP contribution is -2.41. The van der Waals surface area contributed by atoms with Crippen LogP contribution in [0.3, 0.4) is 0 Å². The van der Waals surface area contributed by atoms with Gasteiger partial charge < -0.3 is 10.0 Å². The van der Waals surface area contributed by atoms with E-state index in [1.165, 1.54) is 12.4 Å². The Hall–Kier alpha value is -2.66. The molecule has 0 saturated heterocycles. The fourth-order valence-electron chi connectivity index (χ4n) is 4.11. The van der Waals surface area contributed by atoms with Gasteiger partial charge in [-0.25, -0.2) is 0 Å². The fourth-order valence-corrected chi connectivity index (χ4v) is 4.69. The molecule has 0 aliphatic rings. The number of aromatic nitrogens is 3. The zero-order valence-electron chi connectivity index (χ0n) is 21.6. The average Bonchev–Trinajstić information content (AvgIpc) is 3.20. The van der Waals surface area contributed by atoms with Gasteiger partial charge in [0.1, 0.15) is 0 Å². The third kappa shape index (κ3) is 8.69. The summed E-state index contributed by atoms with van der Waals surface area (Å²) in [6.45, 7) is 6.40. The van der Waals surface area contributed by atoms with Crippen LogP contribution in [0.4, 0.5) is 13.2 Å². The molecule has 8 nitrogen and oxygen atoms in total. The Morgan fingerprint density at radius 2 is 1.71 bits per heavy atom. The normalized spacial score (nSPS) is 12.9. The van der Waals surface area contributed by atoms with E-state index in [9.17, 15) is 27.6 Å². The second-order valence-corrected chi connectivity index (χ2v) is 11.1. The van der Waals surface area contributed by atoms with Crippen LogP contribution in [0.15, 0.2) is 18.6 Å². The summed E-state index contributed by atoms with van der Waals surface area (Å²) < 4.78 is 43.1. The Bertz CT molecular complexity index is 1140. The van der Waals surface area contributed by atoms with Crippen molar-refractivity contribution in [2.45, 2.75) is 66.1 Å². The van der Waals surface area contributed by atoms with E-state index in [4.69, 9.17) is 28.3 Å². The molecule has 0 radical (unpaired) electrons. The standard InChI is InChI=1S/C25H31Cl2F3N4O4/c1-5-15(9-20(36)37)7-6-8-34-22(25(28,29)30)16(10-32-34)23(38)33(14-24(2,3)4)13-19(35)21-17(26)11-31-12-18(21)27/h10-12,15H,5-9,13-14H2,1-4H3,(H,36,37). The third-order valence-corrected chi connectivity index (χ3v) is 6.35. The second kappa shape index (κ2) is 12.9. The van der Waals surface area contributed by atoms with Crippen LogP contribution >= 0.6 is 23.2 Å². The number of carboxylic acids is 1. The fraction of sp³-hybridized carbons (Fsp3) is 0.560. The molecule has 2 aromatic heterocycles. The lowest BCUT2D eigenvalue weighted by molar-refractivity contribution is -0.144. The van der Waals surface area contributed by atoms with Gasteiger partial charge in [-0.15, -0.1) is 0 Å². The lowest BCUT2D eigenvalue weighted by atomic mass is 9.95. The maximum atomic E-state index is 14.1. The van der Waals surface area contributed by atoms with Crippen LogP contribution in [0.1, 0.15) is 79.8 Å². The highest BCUT2D eigenvalue weighted by Gasteiger charge is 2.41. The molecule has 0 aliphatic carbocycles. The monoisotopic (exact) mass is 578 g/mol. The number of alkyl halides is 3. The van der Waals surface area contributed by atoms with Crippen molar-refractivity contribution >= 4 is 40.9 Å². The van der Waals surface area contributed by atoms with Crippen molar-refractivity contribution in [3.8, 4) is 0 Å². The summed E-state index contributed by atoms with van der Waals surface area (Å²) >= 11 is 12.1. The van der Waals surface area contributed by atoms with Crippen molar-refractivity contribution in [1.82, 2.24) is 19.7 Å². The number of nitrogens with zero attached hydrogens (tertiary/aromatic N) is 4. The Morgan fingerprint density at radius 3 is 2.21 bits per heavy atom. The van der Waals surface area contributed by atoms with E-state index in [0.29, 0.717) is 17.5 Å². The number of rotatable bonds is 12. The predicted octanol–water partition coefficient (Wildman–Crippen LogP) is 6.26. The summed E-state index contributed by atoms with van der Waals surface area (Å²) in [5, 5.41) is 12.7. The van der Waals surface area contributed by atoms with Gasteiger partial charge in [-0.05, 0) is 24.2 Å². The van der Waals surface area contributed by atoms with E-state index in [2.05, 4.69) is 10.1 Å². The molecule has 210 valence electrons. The van der Waals surface area contributed by atoms with Crippen molar-refractivity contribution < 1.29 is 32.7 Å². The van der Waals surface area contributed by atoms with Gasteiger partial charge in [-0.3, -0.25) is 24.0 Å². The number of hydrogen-bond donors (Lipinski definition) is 1. The minimum atomic E-state index is -4.90. The number of amides is 1. The van der Waals surface area contributed by atoms with Crippen LogP contribution in [0.5, 0.6) is 0 Å². The van der Waals surface area contributed by atoms with Crippen molar-refractivity contribution in [2.75, 3.05) is 13.1 Å². The zero-order chi connectivity index (χ0) is 28.8. The highest BCUT2D eigenvalue weighted by molar-refractivity contribution is 6.39. The molecule has 1 amide bonds. The molecule has 2 aromatic rings. The minimum absolute atomic E-state index is 0.0340. The number of carbonyl (C=O) groups is 3. The first kappa shape index (κ1) is 31.6. The van der Waals surface area contributed by atoms with E-state index < -0.39 is 47.1 Å². The molecule has 1 unspecified atom stereocenters. The van der Waals surface area contributed by atoms with Crippen LogP contribution in [0, 0.1) is 11.3 Å². The molecule has 2 heterocycles. The number of Topliss-reactive ketones (excluding diaryl/α,β-unsaturated/α-hetero) is 1. The topological polar surface area (TPSA) is 105 Å².